The number of halogens is 1. The number of hydrogen-bond donors (Lipinski definition) is 1. The summed E-state index contributed by atoms with van der Waals surface area (Å²) in [6.45, 7) is 0. The molecule has 1 N–H and O–H groups in total. The van der Waals surface area contributed by atoms with Crippen molar-refractivity contribution in [2.45, 2.75) is 6.30 Å². The van der Waals surface area contributed by atoms with Crippen molar-refractivity contribution in [1.82, 2.24) is 0 Å². The number of amides is 1. The van der Waals surface area contributed by atoms with Gasteiger partial charge in [-0.15, -0.1) is 0 Å². The molecule has 0 bridgehead atoms. The summed E-state index contributed by atoms with van der Waals surface area (Å²) in [7, 11) is 1.37. The van der Waals surface area contributed by atoms with E-state index >= 15 is 0 Å². The number of carbonyl (C=O) groups excluding carboxylic acids is 2. The number of benzene rings is 1. The lowest BCUT2D eigenvalue weighted by atomic mass is 10.1. The number of ether oxygens (including phenoxy) is 1. The lowest BCUT2D eigenvalue weighted by molar-refractivity contribution is -0.144. The molecular formula is C11H8FNO5. The molecule has 1 amide bonds. The van der Waals surface area contributed by atoms with Crippen LogP contribution in [0.1, 0.15) is 10.4 Å². The topological polar surface area (TPSA) is 83.9 Å². The zero-order chi connectivity index (χ0) is 13.4. The van der Waals surface area contributed by atoms with Crippen LogP contribution in [-0.2, 0) is 9.59 Å². The third kappa shape index (κ3) is 1.60. The molecule has 18 heavy (non-hydrogen) atoms. The highest BCUT2D eigenvalue weighted by atomic mass is 19.1. The predicted molar refractivity (Wildman–Crippen MR) is 57.3 cm³/mol. The summed E-state index contributed by atoms with van der Waals surface area (Å²) in [5.41, 5.74) is -0.135. The molecule has 1 aliphatic heterocycles. The number of anilines is 1. The van der Waals surface area contributed by atoms with Crippen molar-refractivity contribution >= 4 is 23.3 Å². The molecule has 1 aromatic carbocycles. The van der Waals surface area contributed by atoms with Crippen LogP contribution >= 0.6 is 0 Å². The lowest BCUT2D eigenvalue weighted by Gasteiger charge is -2.17. The van der Waals surface area contributed by atoms with Gasteiger partial charge in [-0.2, -0.15) is 0 Å². The van der Waals surface area contributed by atoms with Crippen molar-refractivity contribution in [1.29, 1.82) is 0 Å². The number of nitrogens with zero attached hydrogens (tertiary/aromatic N) is 1. The van der Waals surface area contributed by atoms with E-state index in [1.807, 2.05) is 0 Å². The van der Waals surface area contributed by atoms with E-state index in [1.165, 1.54) is 25.3 Å². The molecule has 1 aliphatic rings. The number of carbonyl (C=O) groups is 3. The Morgan fingerprint density at radius 1 is 1.44 bits per heavy atom. The average Bonchev–Trinajstić information content (AvgIpc) is 2.61. The van der Waals surface area contributed by atoms with Gasteiger partial charge in [-0.1, -0.05) is 0 Å². The zero-order valence-corrected chi connectivity index (χ0v) is 9.21. The molecule has 0 saturated heterocycles. The van der Waals surface area contributed by atoms with E-state index in [1.54, 1.807) is 0 Å². The maximum absolute atomic E-state index is 13.4. The van der Waals surface area contributed by atoms with Crippen LogP contribution in [0.2, 0.25) is 0 Å². The Morgan fingerprint density at radius 3 is 2.67 bits per heavy atom. The van der Waals surface area contributed by atoms with Crippen LogP contribution in [0, 0.1) is 0 Å². The van der Waals surface area contributed by atoms with Gasteiger partial charge >= 0.3 is 11.9 Å². The van der Waals surface area contributed by atoms with Crippen molar-refractivity contribution in [2.75, 3.05) is 12.0 Å². The first-order valence-electron chi connectivity index (χ1n) is 4.90. The number of ketones is 1. The molecular weight excluding hydrogens is 245 g/mol. The van der Waals surface area contributed by atoms with E-state index in [0.717, 1.165) is 0 Å². The van der Waals surface area contributed by atoms with Crippen LogP contribution in [0.25, 0.3) is 0 Å². The summed E-state index contributed by atoms with van der Waals surface area (Å²) in [4.78, 5) is 34.0. The fraction of sp³-hybridized carbons (Fsp3) is 0.182. The Hall–Kier alpha value is -2.44. The molecule has 7 heteroatoms. The number of carboxylic acids is 1. The molecule has 0 spiro atoms. The molecule has 1 atom stereocenters. The van der Waals surface area contributed by atoms with Crippen molar-refractivity contribution in [3.8, 4) is 5.75 Å². The van der Waals surface area contributed by atoms with E-state index in [4.69, 9.17) is 9.84 Å². The molecule has 1 aromatic rings. The fourth-order valence-electron chi connectivity index (χ4n) is 1.70. The van der Waals surface area contributed by atoms with Gasteiger partial charge in [0.25, 0.3) is 12.1 Å². The monoisotopic (exact) mass is 253 g/mol. The largest absolute Gasteiger partial charge is 0.497 e. The molecule has 1 heterocycles. The normalized spacial score (nSPS) is 15.6. The highest BCUT2D eigenvalue weighted by Gasteiger charge is 2.43. The van der Waals surface area contributed by atoms with Gasteiger partial charge in [0.2, 0.25) is 0 Å². The van der Waals surface area contributed by atoms with Crippen molar-refractivity contribution in [3.63, 3.8) is 0 Å². The van der Waals surface area contributed by atoms with Gasteiger partial charge < -0.3 is 9.84 Å². The van der Waals surface area contributed by atoms with Crippen LogP contribution in [0.15, 0.2) is 18.2 Å². The van der Waals surface area contributed by atoms with Crippen LogP contribution in [0.4, 0.5) is 10.1 Å². The van der Waals surface area contributed by atoms with Gasteiger partial charge in [0, 0.05) is 0 Å². The third-order valence-corrected chi connectivity index (χ3v) is 2.55. The molecule has 0 radical (unpaired) electrons. The first kappa shape index (κ1) is 12.0. The number of carboxylic acid groups (broad SMARTS) is 1. The van der Waals surface area contributed by atoms with Crippen molar-refractivity contribution in [3.05, 3.63) is 23.8 Å². The van der Waals surface area contributed by atoms with Crippen LogP contribution in [0.5, 0.6) is 5.75 Å². The third-order valence-electron chi connectivity index (χ3n) is 2.55. The standard InChI is InChI=1S/C11H8FNO5/c1-18-5-2-3-7-6(4-5)8(14)10(15)13(7)9(12)11(16)17/h2-4,9H,1H3,(H,16,17). The van der Waals surface area contributed by atoms with Gasteiger partial charge in [-0.25, -0.2) is 9.18 Å². The quantitative estimate of drug-likeness (QED) is 0.630. The number of aliphatic carboxylic acids is 1. The SMILES string of the molecule is COc1ccc2c(c1)C(=O)C(=O)N2C(F)C(=O)O. The van der Waals surface area contributed by atoms with E-state index in [2.05, 4.69) is 0 Å². The van der Waals surface area contributed by atoms with Gasteiger partial charge in [-0.05, 0) is 18.2 Å². The minimum absolute atomic E-state index is 0.0664. The number of Topliss-reactive ketones (excluding diaryl/α,β-unsaturated/α-hetero) is 1. The van der Waals surface area contributed by atoms with Crippen LogP contribution < -0.4 is 9.64 Å². The minimum Gasteiger partial charge on any atom is -0.497 e. The minimum atomic E-state index is -2.59. The zero-order valence-electron chi connectivity index (χ0n) is 9.21. The Labute approximate surface area is 101 Å². The molecule has 0 aliphatic carbocycles. The molecule has 94 valence electrons. The van der Waals surface area contributed by atoms with Crippen molar-refractivity contribution < 1.29 is 28.6 Å². The smallest absolute Gasteiger partial charge is 0.360 e. The Kier molecular flexibility index (Phi) is 2.74. The van der Waals surface area contributed by atoms with Gasteiger partial charge in [0.05, 0.1) is 18.4 Å². The van der Waals surface area contributed by atoms with Crippen molar-refractivity contribution in [2.24, 2.45) is 0 Å². The van der Waals surface area contributed by atoms with Crippen LogP contribution in [0.3, 0.4) is 0 Å². The van der Waals surface area contributed by atoms with Gasteiger partial charge in [0.1, 0.15) is 5.75 Å². The Morgan fingerprint density at radius 2 is 2.11 bits per heavy atom. The Balaban J connectivity index is 2.53. The summed E-state index contributed by atoms with van der Waals surface area (Å²) in [5, 5.41) is 8.57. The lowest BCUT2D eigenvalue weighted by Crippen LogP contribution is -2.41. The molecule has 1 unspecified atom stereocenters. The number of methoxy groups -OCH3 is 1. The highest BCUT2D eigenvalue weighted by Crippen LogP contribution is 2.33. The van der Waals surface area contributed by atoms with Gasteiger partial charge in [-0.3, -0.25) is 14.5 Å². The maximum atomic E-state index is 13.4. The number of fused-ring (bicyclic) bond motifs is 1. The summed E-state index contributed by atoms with van der Waals surface area (Å²) in [6, 6.07) is 3.95. The summed E-state index contributed by atoms with van der Waals surface area (Å²) in [6.07, 6.45) is -2.59. The summed E-state index contributed by atoms with van der Waals surface area (Å²) >= 11 is 0. The van der Waals surface area contributed by atoms with Gasteiger partial charge in [0.15, 0.2) is 0 Å². The fourth-order valence-corrected chi connectivity index (χ4v) is 1.70. The molecule has 0 fully saturated rings. The van der Waals surface area contributed by atoms with E-state index in [-0.39, 0.29) is 11.3 Å². The first-order chi connectivity index (χ1) is 8.47. The molecule has 2 rings (SSSR count). The summed E-state index contributed by atoms with van der Waals surface area (Å²) in [5.74, 6) is -3.66. The van der Waals surface area contributed by atoms with E-state index in [0.29, 0.717) is 10.6 Å². The predicted octanol–water partition coefficient (Wildman–Crippen LogP) is 0.605. The second-order valence-corrected chi connectivity index (χ2v) is 3.56. The second-order valence-electron chi connectivity index (χ2n) is 3.56. The van der Waals surface area contributed by atoms with E-state index in [9.17, 15) is 18.8 Å². The Bertz CT molecular complexity index is 556. The van der Waals surface area contributed by atoms with E-state index < -0.39 is 24.0 Å². The molecule has 0 saturated carbocycles. The number of rotatable bonds is 3. The highest BCUT2D eigenvalue weighted by molar-refractivity contribution is 6.52. The molecule has 6 nitrogen and oxygen atoms in total. The first-order valence-corrected chi connectivity index (χ1v) is 4.90. The molecule has 0 aromatic heterocycles. The maximum Gasteiger partial charge on any atom is 0.360 e. The number of alkyl halides is 1. The van der Waals surface area contributed by atoms with Crippen LogP contribution in [-0.4, -0.2) is 36.2 Å². The summed E-state index contributed by atoms with van der Waals surface area (Å²) < 4.78 is 18.3. The number of hydrogen-bond acceptors (Lipinski definition) is 4. The average molecular weight is 253 g/mol. The second kappa shape index (κ2) is 4.10.